The second-order valence-electron chi connectivity index (χ2n) is 2.86. The molecule has 0 aliphatic carbocycles. The van der Waals surface area contributed by atoms with Crippen LogP contribution < -0.4 is 5.32 Å². The van der Waals surface area contributed by atoms with Crippen LogP contribution in [0.25, 0.3) is 5.65 Å². The molecule has 2 aromatic rings. The fraction of sp³-hybridized carbons (Fsp3) is 0.222. The van der Waals surface area contributed by atoms with Crippen LogP contribution in [0, 0.1) is 5.82 Å². The molecule has 0 spiro atoms. The van der Waals surface area contributed by atoms with E-state index in [1.54, 1.807) is 16.7 Å². The normalized spacial score (nSPS) is 10.9. The minimum atomic E-state index is -0.247. The van der Waals surface area contributed by atoms with E-state index >= 15 is 0 Å². The molecule has 0 unspecified atom stereocenters. The van der Waals surface area contributed by atoms with Crippen molar-refractivity contribution >= 4 is 5.65 Å². The Labute approximate surface area is 75.2 Å². The van der Waals surface area contributed by atoms with E-state index in [1.165, 1.54) is 12.3 Å². The van der Waals surface area contributed by atoms with Crippen molar-refractivity contribution in [2.24, 2.45) is 0 Å². The molecular formula is C9H10FN3. The van der Waals surface area contributed by atoms with E-state index in [0.29, 0.717) is 6.54 Å². The maximum absolute atomic E-state index is 12.9. The van der Waals surface area contributed by atoms with E-state index in [-0.39, 0.29) is 5.82 Å². The molecule has 2 rings (SSSR count). The lowest BCUT2D eigenvalue weighted by Gasteiger charge is -1.99. The average molecular weight is 179 g/mol. The number of rotatable bonds is 2. The quantitative estimate of drug-likeness (QED) is 0.750. The number of aromatic nitrogens is 2. The van der Waals surface area contributed by atoms with Crippen molar-refractivity contribution in [3.05, 3.63) is 36.0 Å². The Balaban J connectivity index is 2.58. The molecule has 1 N–H and O–H groups in total. The Bertz CT molecular complexity index is 422. The summed E-state index contributed by atoms with van der Waals surface area (Å²) in [6, 6.07) is 3.07. The van der Waals surface area contributed by atoms with Crippen LogP contribution in [0.4, 0.5) is 4.39 Å². The van der Waals surface area contributed by atoms with Gasteiger partial charge in [0, 0.05) is 12.7 Å². The minimum absolute atomic E-state index is 0.247. The highest BCUT2D eigenvalue weighted by Gasteiger charge is 2.02. The van der Waals surface area contributed by atoms with Crippen LogP contribution in [-0.4, -0.2) is 16.4 Å². The van der Waals surface area contributed by atoms with Gasteiger partial charge in [-0.05, 0) is 19.2 Å². The van der Waals surface area contributed by atoms with Gasteiger partial charge in [0.2, 0.25) is 0 Å². The monoisotopic (exact) mass is 179 g/mol. The zero-order valence-electron chi connectivity index (χ0n) is 7.29. The first kappa shape index (κ1) is 8.19. The maximum Gasteiger partial charge on any atom is 0.139 e. The van der Waals surface area contributed by atoms with Crippen LogP contribution in [0.1, 0.15) is 5.69 Å². The Morgan fingerprint density at radius 2 is 2.38 bits per heavy atom. The third-order valence-electron chi connectivity index (χ3n) is 1.90. The smallest absolute Gasteiger partial charge is 0.139 e. The van der Waals surface area contributed by atoms with Crippen molar-refractivity contribution in [3.63, 3.8) is 0 Å². The number of hydrogen-bond donors (Lipinski definition) is 1. The SMILES string of the molecule is CNCc1cnc2ccc(F)cn12. The summed E-state index contributed by atoms with van der Waals surface area (Å²) in [6.07, 6.45) is 3.18. The highest BCUT2D eigenvalue weighted by Crippen LogP contribution is 2.07. The molecule has 4 heteroatoms. The lowest BCUT2D eigenvalue weighted by Crippen LogP contribution is -2.07. The lowest BCUT2D eigenvalue weighted by molar-refractivity contribution is 0.616. The summed E-state index contributed by atoms with van der Waals surface area (Å²) in [7, 11) is 1.85. The summed E-state index contributed by atoms with van der Waals surface area (Å²) in [5.41, 5.74) is 1.73. The predicted octanol–water partition coefficient (Wildman–Crippen LogP) is 1.19. The number of imidazole rings is 1. The van der Waals surface area contributed by atoms with E-state index < -0.39 is 0 Å². The first-order chi connectivity index (χ1) is 6.31. The van der Waals surface area contributed by atoms with Crippen molar-refractivity contribution in [3.8, 4) is 0 Å². The highest BCUT2D eigenvalue weighted by molar-refractivity contribution is 5.40. The predicted molar refractivity (Wildman–Crippen MR) is 47.9 cm³/mol. The van der Waals surface area contributed by atoms with Crippen LogP contribution in [0.15, 0.2) is 24.5 Å². The summed E-state index contributed by atoms with van der Waals surface area (Å²) in [5, 5.41) is 3.00. The summed E-state index contributed by atoms with van der Waals surface area (Å²) >= 11 is 0. The zero-order valence-corrected chi connectivity index (χ0v) is 7.29. The van der Waals surface area contributed by atoms with E-state index in [4.69, 9.17) is 0 Å². The van der Waals surface area contributed by atoms with Gasteiger partial charge in [0.15, 0.2) is 0 Å². The zero-order chi connectivity index (χ0) is 9.26. The summed E-state index contributed by atoms with van der Waals surface area (Å²) in [4.78, 5) is 4.13. The number of pyridine rings is 1. The third kappa shape index (κ3) is 1.40. The van der Waals surface area contributed by atoms with Gasteiger partial charge in [-0.15, -0.1) is 0 Å². The summed E-state index contributed by atoms with van der Waals surface area (Å²) < 4.78 is 14.6. The molecule has 2 aromatic heterocycles. The topological polar surface area (TPSA) is 29.3 Å². The van der Waals surface area contributed by atoms with Crippen LogP contribution >= 0.6 is 0 Å². The first-order valence-corrected chi connectivity index (χ1v) is 4.07. The molecule has 0 aliphatic heterocycles. The Morgan fingerprint density at radius 1 is 1.54 bits per heavy atom. The van der Waals surface area contributed by atoms with Gasteiger partial charge in [0.1, 0.15) is 11.5 Å². The Kier molecular flexibility index (Phi) is 1.98. The first-order valence-electron chi connectivity index (χ1n) is 4.07. The van der Waals surface area contributed by atoms with Crippen molar-refractivity contribution < 1.29 is 4.39 Å². The lowest BCUT2D eigenvalue weighted by atomic mass is 10.4. The summed E-state index contributed by atoms with van der Waals surface area (Å²) in [6.45, 7) is 0.685. The molecule has 13 heavy (non-hydrogen) atoms. The maximum atomic E-state index is 12.9. The number of nitrogens with zero attached hydrogens (tertiary/aromatic N) is 2. The fourth-order valence-electron chi connectivity index (χ4n) is 1.32. The molecule has 0 fully saturated rings. The largest absolute Gasteiger partial charge is 0.314 e. The van der Waals surface area contributed by atoms with Crippen molar-refractivity contribution in [1.82, 2.24) is 14.7 Å². The number of fused-ring (bicyclic) bond motifs is 1. The van der Waals surface area contributed by atoms with Gasteiger partial charge >= 0.3 is 0 Å². The van der Waals surface area contributed by atoms with Crippen molar-refractivity contribution in [2.75, 3.05) is 7.05 Å². The van der Waals surface area contributed by atoms with Crippen molar-refractivity contribution in [2.45, 2.75) is 6.54 Å². The Hall–Kier alpha value is -1.42. The molecule has 0 atom stereocenters. The molecule has 0 radical (unpaired) electrons. The van der Waals surface area contributed by atoms with Crippen LogP contribution in [-0.2, 0) is 6.54 Å². The fourth-order valence-corrected chi connectivity index (χ4v) is 1.32. The van der Waals surface area contributed by atoms with Gasteiger partial charge in [-0.25, -0.2) is 9.37 Å². The Morgan fingerprint density at radius 3 is 3.15 bits per heavy atom. The molecule has 0 aliphatic rings. The van der Waals surface area contributed by atoms with E-state index in [1.807, 2.05) is 7.05 Å². The van der Waals surface area contributed by atoms with Gasteiger partial charge in [0.25, 0.3) is 0 Å². The summed E-state index contributed by atoms with van der Waals surface area (Å²) in [5.74, 6) is -0.247. The van der Waals surface area contributed by atoms with Gasteiger partial charge in [0.05, 0.1) is 11.9 Å². The number of nitrogens with one attached hydrogen (secondary N) is 1. The number of halogens is 1. The van der Waals surface area contributed by atoms with Gasteiger partial charge in [-0.1, -0.05) is 0 Å². The van der Waals surface area contributed by atoms with Gasteiger partial charge in [-0.2, -0.15) is 0 Å². The second kappa shape index (κ2) is 3.14. The molecule has 0 saturated heterocycles. The third-order valence-corrected chi connectivity index (χ3v) is 1.90. The van der Waals surface area contributed by atoms with Crippen LogP contribution in [0.5, 0.6) is 0 Å². The molecule has 2 heterocycles. The van der Waals surface area contributed by atoms with E-state index in [9.17, 15) is 4.39 Å². The molecular weight excluding hydrogens is 169 g/mol. The molecule has 0 saturated carbocycles. The van der Waals surface area contributed by atoms with Crippen molar-refractivity contribution in [1.29, 1.82) is 0 Å². The second-order valence-corrected chi connectivity index (χ2v) is 2.86. The van der Waals surface area contributed by atoms with Crippen LogP contribution in [0.2, 0.25) is 0 Å². The van der Waals surface area contributed by atoms with Crippen LogP contribution in [0.3, 0.4) is 0 Å². The van der Waals surface area contributed by atoms with Gasteiger partial charge in [-0.3, -0.25) is 4.40 Å². The number of hydrogen-bond acceptors (Lipinski definition) is 2. The highest BCUT2D eigenvalue weighted by atomic mass is 19.1. The minimum Gasteiger partial charge on any atom is -0.314 e. The van der Waals surface area contributed by atoms with E-state index in [2.05, 4.69) is 10.3 Å². The molecule has 0 bridgehead atoms. The van der Waals surface area contributed by atoms with E-state index in [0.717, 1.165) is 11.3 Å². The molecule has 0 aromatic carbocycles. The van der Waals surface area contributed by atoms with Gasteiger partial charge < -0.3 is 5.32 Å². The molecule has 68 valence electrons. The average Bonchev–Trinajstić information content (AvgIpc) is 2.49. The molecule has 0 amide bonds. The standard InChI is InChI=1S/C9H10FN3/c1-11-4-8-5-12-9-3-2-7(10)6-13(8)9/h2-3,5-6,11H,4H2,1H3. The molecule has 3 nitrogen and oxygen atoms in total.